The lowest BCUT2D eigenvalue weighted by Crippen LogP contribution is -2.21. The summed E-state index contributed by atoms with van der Waals surface area (Å²) in [6.45, 7) is 2.08. The van der Waals surface area contributed by atoms with Crippen molar-refractivity contribution in [2.24, 2.45) is 0 Å². The molecular weight excluding hydrogens is 266 g/mol. The Labute approximate surface area is 104 Å². The highest BCUT2D eigenvalue weighted by molar-refractivity contribution is 7.99. The number of thioether (sulfide) groups is 1. The van der Waals surface area contributed by atoms with E-state index in [1.54, 1.807) is 6.92 Å². The maximum absolute atomic E-state index is 11.4. The van der Waals surface area contributed by atoms with E-state index in [2.05, 4.69) is 10.2 Å². The number of aromatic amines is 1. The van der Waals surface area contributed by atoms with E-state index < -0.39 is 22.5 Å². The van der Waals surface area contributed by atoms with Crippen molar-refractivity contribution >= 4 is 28.5 Å². The van der Waals surface area contributed by atoms with Crippen molar-refractivity contribution < 1.29 is 14.1 Å². The fraction of sp³-hybridized carbons (Fsp3) is 0.625. The third kappa shape index (κ3) is 4.35. The van der Waals surface area contributed by atoms with E-state index in [1.165, 1.54) is 4.57 Å². The number of carboxylic acids is 1. The number of nitrogens with zero attached hydrogens (tertiary/aromatic N) is 2. The van der Waals surface area contributed by atoms with Crippen LogP contribution >= 0.6 is 11.8 Å². The molecule has 96 valence electrons. The van der Waals surface area contributed by atoms with Crippen molar-refractivity contribution in [2.45, 2.75) is 18.6 Å². The molecule has 0 saturated heterocycles. The van der Waals surface area contributed by atoms with E-state index in [-0.39, 0.29) is 12.3 Å². The summed E-state index contributed by atoms with van der Waals surface area (Å²) in [6, 6.07) is 0. The van der Waals surface area contributed by atoms with Gasteiger partial charge in [-0.1, -0.05) is 18.7 Å². The fourth-order valence-corrected chi connectivity index (χ4v) is 2.44. The Bertz CT molecular complexity index is 468. The second-order valence-electron chi connectivity index (χ2n) is 3.08. The van der Waals surface area contributed by atoms with Crippen molar-refractivity contribution in [1.29, 1.82) is 0 Å². The number of carboxylic acid groups (broad SMARTS) is 1. The predicted molar refractivity (Wildman–Crippen MR) is 64.8 cm³/mol. The van der Waals surface area contributed by atoms with Gasteiger partial charge >= 0.3 is 11.7 Å². The molecule has 1 rings (SSSR count). The van der Waals surface area contributed by atoms with E-state index in [0.29, 0.717) is 16.7 Å². The summed E-state index contributed by atoms with van der Waals surface area (Å²) in [5, 5.41) is 14.8. The minimum atomic E-state index is -0.978. The highest BCUT2D eigenvalue weighted by atomic mass is 32.2. The first-order chi connectivity index (χ1) is 8.04. The number of aliphatic carboxylic acids is 1. The summed E-state index contributed by atoms with van der Waals surface area (Å²) >= 11 is 0.957. The van der Waals surface area contributed by atoms with Crippen molar-refractivity contribution in [2.75, 3.05) is 17.3 Å². The second-order valence-corrected chi connectivity index (χ2v) is 5.89. The topological polar surface area (TPSA) is 105 Å². The van der Waals surface area contributed by atoms with Crippen molar-refractivity contribution in [3.05, 3.63) is 10.5 Å². The summed E-state index contributed by atoms with van der Waals surface area (Å²) in [4.78, 5) is 21.8. The Morgan fingerprint density at radius 1 is 1.65 bits per heavy atom. The van der Waals surface area contributed by atoms with Crippen LogP contribution in [0.15, 0.2) is 9.95 Å². The van der Waals surface area contributed by atoms with Crippen molar-refractivity contribution in [3.63, 3.8) is 0 Å². The summed E-state index contributed by atoms with van der Waals surface area (Å²) in [6.07, 6.45) is 0. The Morgan fingerprint density at radius 3 is 2.94 bits per heavy atom. The molecule has 0 aliphatic rings. The third-order valence-electron chi connectivity index (χ3n) is 1.91. The van der Waals surface area contributed by atoms with E-state index in [4.69, 9.17) is 5.11 Å². The Balaban J connectivity index is 2.69. The zero-order chi connectivity index (χ0) is 12.8. The number of carbonyl (C=O) groups is 1. The monoisotopic (exact) mass is 279 g/mol. The molecule has 1 atom stereocenters. The zero-order valence-corrected chi connectivity index (χ0v) is 10.8. The Kier molecular flexibility index (Phi) is 5.42. The van der Waals surface area contributed by atoms with E-state index in [1.807, 2.05) is 0 Å². The lowest BCUT2D eigenvalue weighted by atomic mass is 10.7. The molecule has 0 aliphatic heterocycles. The van der Waals surface area contributed by atoms with Gasteiger partial charge in [-0.25, -0.2) is 9.89 Å². The molecule has 0 amide bonds. The molecule has 0 fully saturated rings. The van der Waals surface area contributed by atoms with Crippen LogP contribution in [0, 0.1) is 0 Å². The zero-order valence-electron chi connectivity index (χ0n) is 9.21. The van der Waals surface area contributed by atoms with Crippen LogP contribution in [0.1, 0.15) is 6.92 Å². The van der Waals surface area contributed by atoms with Crippen LogP contribution in [0.3, 0.4) is 0 Å². The van der Waals surface area contributed by atoms with Crippen LogP contribution < -0.4 is 5.69 Å². The number of nitrogens with one attached hydrogen (secondary N) is 1. The quantitative estimate of drug-likeness (QED) is 0.653. The van der Waals surface area contributed by atoms with Crippen LogP contribution in [0.2, 0.25) is 0 Å². The van der Waals surface area contributed by atoms with Crippen molar-refractivity contribution in [3.8, 4) is 0 Å². The molecule has 0 aromatic carbocycles. The molecule has 0 saturated carbocycles. The van der Waals surface area contributed by atoms with Crippen LogP contribution in [-0.2, 0) is 22.1 Å². The molecule has 0 bridgehead atoms. The van der Waals surface area contributed by atoms with Gasteiger partial charge in [0.2, 0.25) is 0 Å². The summed E-state index contributed by atoms with van der Waals surface area (Å²) in [5.41, 5.74) is -0.411. The maximum Gasteiger partial charge on any atom is 0.344 e. The summed E-state index contributed by atoms with van der Waals surface area (Å²) in [5.74, 6) is -0.254. The average molecular weight is 279 g/mol. The molecule has 17 heavy (non-hydrogen) atoms. The molecule has 7 nitrogen and oxygen atoms in total. The van der Waals surface area contributed by atoms with Crippen LogP contribution in [-0.4, -0.2) is 47.3 Å². The molecule has 1 heterocycles. The fourth-order valence-electron chi connectivity index (χ4n) is 1.07. The highest BCUT2D eigenvalue weighted by Crippen LogP contribution is 2.12. The van der Waals surface area contributed by atoms with E-state index in [9.17, 15) is 13.8 Å². The standard InChI is InChI=1S/C8H13N3O4S2/c1-2-17(15)4-3-11-7(14)9-10-8(11)16-5-6(12)13/h2-5H2,1H3,(H,9,14)(H,12,13). The normalized spacial score (nSPS) is 12.5. The molecule has 9 heteroatoms. The smallest absolute Gasteiger partial charge is 0.344 e. The summed E-state index contributed by atoms with van der Waals surface area (Å²) in [7, 11) is -0.968. The lowest BCUT2D eigenvalue weighted by Gasteiger charge is -2.03. The van der Waals surface area contributed by atoms with Gasteiger partial charge in [0, 0.05) is 28.9 Å². The molecule has 1 aromatic rings. The van der Waals surface area contributed by atoms with E-state index >= 15 is 0 Å². The average Bonchev–Trinajstić information content (AvgIpc) is 2.64. The van der Waals surface area contributed by atoms with E-state index in [0.717, 1.165) is 11.8 Å². The minimum absolute atomic E-state index is 0.166. The first-order valence-electron chi connectivity index (χ1n) is 4.89. The van der Waals surface area contributed by atoms with Gasteiger partial charge in [-0.3, -0.25) is 13.6 Å². The number of rotatable bonds is 7. The summed E-state index contributed by atoms with van der Waals surface area (Å²) < 4.78 is 12.6. The minimum Gasteiger partial charge on any atom is -0.481 e. The van der Waals surface area contributed by atoms with Crippen LogP contribution in [0.5, 0.6) is 0 Å². The molecule has 0 aliphatic carbocycles. The second kappa shape index (κ2) is 6.60. The molecule has 0 spiro atoms. The van der Waals surface area contributed by atoms with Gasteiger partial charge < -0.3 is 5.11 Å². The van der Waals surface area contributed by atoms with Crippen molar-refractivity contribution in [1.82, 2.24) is 14.8 Å². The van der Waals surface area contributed by atoms with Gasteiger partial charge in [-0.05, 0) is 0 Å². The number of aromatic nitrogens is 3. The SMILES string of the molecule is CCS(=O)CCn1c(SCC(=O)O)n[nH]c1=O. The first kappa shape index (κ1) is 14.0. The molecule has 0 radical (unpaired) electrons. The molecule has 2 N–H and O–H groups in total. The maximum atomic E-state index is 11.4. The van der Waals surface area contributed by atoms with Gasteiger partial charge in [0.1, 0.15) is 0 Å². The van der Waals surface area contributed by atoms with Gasteiger partial charge in [0.25, 0.3) is 0 Å². The van der Waals surface area contributed by atoms with Gasteiger partial charge in [-0.15, -0.1) is 5.10 Å². The van der Waals surface area contributed by atoms with Crippen LogP contribution in [0.4, 0.5) is 0 Å². The number of hydrogen-bond acceptors (Lipinski definition) is 5. The number of hydrogen-bond donors (Lipinski definition) is 2. The first-order valence-corrected chi connectivity index (χ1v) is 7.36. The molecule has 1 unspecified atom stereocenters. The highest BCUT2D eigenvalue weighted by Gasteiger charge is 2.11. The predicted octanol–water partition coefficient (Wildman–Crippen LogP) is -0.483. The van der Waals surface area contributed by atoms with Gasteiger partial charge in [-0.2, -0.15) is 0 Å². The molecule has 1 aromatic heterocycles. The van der Waals surface area contributed by atoms with Crippen LogP contribution in [0.25, 0.3) is 0 Å². The van der Waals surface area contributed by atoms with Gasteiger partial charge in [0.05, 0.1) is 5.75 Å². The number of H-pyrrole nitrogens is 1. The largest absolute Gasteiger partial charge is 0.481 e. The van der Waals surface area contributed by atoms with Gasteiger partial charge in [0.15, 0.2) is 5.16 Å². The molecular formula is C8H13N3O4S2. The lowest BCUT2D eigenvalue weighted by molar-refractivity contribution is -0.133. The Morgan fingerprint density at radius 2 is 2.35 bits per heavy atom. The third-order valence-corrected chi connectivity index (χ3v) is 4.16. The Hall–Kier alpha value is -1.09.